The normalized spacial score (nSPS) is 15.5. The van der Waals surface area contributed by atoms with E-state index in [4.69, 9.17) is 13.9 Å². The van der Waals surface area contributed by atoms with Gasteiger partial charge in [0.05, 0.1) is 25.5 Å². The van der Waals surface area contributed by atoms with Crippen molar-refractivity contribution in [3.63, 3.8) is 0 Å². The van der Waals surface area contributed by atoms with Gasteiger partial charge in [0.2, 0.25) is 0 Å². The summed E-state index contributed by atoms with van der Waals surface area (Å²) in [6.45, 7) is 3.85. The first kappa shape index (κ1) is 20.2. The zero-order chi connectivity index (χ0) is 20.6. The molecule has 0 radical (unpaired) electrons. The SMILES string of the molecule is O=C(NCC(c1ccccc1)N1CCOCC1)c1occc1COc1ccccc1. The fourth-order valence-electron chi connectivity index (χ4n) is 3.62. The van der Waals surface area contributed by atoms with Crippen LogP contribution in [0.5, 0.6) is 5.75 Å². The lowest BCUT2D eigenvalue weighted by atomic mass is 10.0. The number of hydrogen-bond acceptors (Lipinski definition) is 5. The number of nitrogens with zero attached hydrogens (tertiary/aromatic N) is 1. The van der Waals surface area contributed by atoms with Crippen LogP contribution < -0.4 is 10.1 Å². The first-order chi connectivity index (χ1) is 14.8. The molecule has 156 valence electrons. The van der Waals surface area contributed by atoms with Crippen molar-refractivity contribution in [1.29, 1.82) is 0 Å². The van der Waals surface area contributed by atoms with Crippen LogP contribution in [-0.2, 0) is 11.3 Å². The van der Waals surface area contributed by atoms with Crippen molar-refractivity contribution in [3.8, 4) is 5.75 Å². The Morgan fingerprint density at radius 3 is 2.43 bits per heavy atom. The van der Waals surface area contributed by atoms with Crippen molar-refractivity contribution in [3.05, 3.63) is 89.9 Å². The van der Waals surface area contributed by atoms with E-state index in [1.165, 1.54) is 11.8 Å². The van der Waals surface area contributed by atoms with E-state index in [0.29, 0.717) is 25.5 Å². The van der Waals surface area contributed by atoms with Gasteiger partial charge in [-0.25, -0.2) is 0 Å². The lowest BCUT2D eigenvalue weighted by molar-refractivity contribution is 0.0161. The molecule has 0 saturated carbocycles. The molecule has 1 saturated heterocycles. The first-order valence-corrected chi connectivity index (χ1v) is 10.2. The van der Waals surface area contributed by atoms with E-state index in [2.05, 4.69) is 22.3 Å². The van der Waals surface area contributed by atoms with Crippen molar-refractivity contribution in [2.45, 2.75) is 12.6 Å². The molecular formula is C24H26N2O4. The van der Waals surface area contributed by atoms with Gasteiger partial charge in [-0.05, 0) is 23.8 Å². The molecule has 1 aliphatic heterocycles. The summed E-state index contributed by atoms with van der Waals surface area (Å²) in [5, 5.41) is 3.05. The van der Waals surface area contributed by atoms with Gasteiger partial charge in [0.1, 0.15) is 12.4 Å². The van der Waals surface area contributed by atoms with Gasteiger partial charge in [0, 0.05) is 25.2 Å². The number of amides is 1. The Morgan fingerprint density at radius 1 is 1.00 bits per heavy atom. The molecule has 1 N–H and O–H groups in total. The molecule has 1 unspecified atom stereocenters. The summed E-state index contributed by atoms with van der Waals surface area (Å²) >= 11 is 0. The highest BCUT2D eigenvalue weighted by atomic mass is 16.5. The summed E-state index contributed by atoms with van der Waals surface area (Å²) in [6.07, 6.45) is 1.52. The molecule has 1 aliphatic rings. The fourth-order valence-corrected chi connectivity index (χ4v) is 3.62. The fraction of sp³-hybridized carbons (Fsp3) is 0.292. The minimum absolute atomic E-state index is 0.0815. The number of rotatable bonds is 8. The number of carbonyl (C=O) groups is 1. The molecule has 3 aromatic rings. The number of ether oxygens (including phenoxy) is 2. The van der Waals surface area contributed by atoms with E-state index in [0.717, 1.165) is 24.4 Å². The highest BCUT2D eigenvalue weighted by Crippen LogP contribution is 2.22. The third-order valence-corrected chi connectivity index (χ3v) is 5.22. The van der Waals surface area contributed by atoms with Crippen molar-refractivity contribution in [2.24, 2.45) is 0 Å². The average Bonchev–Trinajstić information content (AvgIpc) is 3.29. The summed E-state index contributed by atoms with van der Waals surface area (Å²) in [7, 11) is 0. The molecule has 1 fully saturated rings. The van der Waals surface area contributed by atoms with E-state index in [1.807, 2.05) is 48.5 Å². The number of hydrogen-bond donors (Lipinski definition) is 1. The highest BCUT2D eigenvalue weighted by Gasteiger charge is 2.24. The van der Waals surface area contributed by atoms with Gasteiger partial charge in [0.25, 0.3) is 5.91 Å². The van der Waals surface area contributed by atoms with Crippen LogP contribution in [0.3, 0.4) is 0 Å². The number of benzene rings is 2. The Labute approximate surface area is 176 Å². The van der Waals surface area contributed by atoms with Gasteiger partial charge < -0.3 is 19.2 Å². The van der Waals surface area contributed by atoms with Crippen molar-refractivity contribution in [2.75, 3.05) is 32.8 Å². The van der Waals surface area contributed by atoms with E-state index < -0.39 is 0 Å². The number of para-hydroxylation sites is 1. The molecule has 30 heavy (non-hydrogen) atoms. The second kappa shape index (κ2) is 10.1. The molecule has 1 aromatic heterocycles. The second-order valence-electron chi connectivity index (χ2n) is 7.16. The molecule has 1 atom stereocenters. The molecule has 0 aliphatic carbocycles. The number of morpholine rings is 1. The van der Waals surface area contributed by atoms with Crippen molar-refractivity contribution < 1.29 is 18.7 Å². The smallest absolute Gasteiger partial charge is 0.287 e. The van der Waals surface area contributed by atoms with Gasteiger partial charge in [-0.15, -0.1) is 0 Å². The van der Waals surface area contributed by atoms with Gasteiger partial charge in [-0.1, -0.05) is 48.5 Å². The first-order valence-electron chi connectivity index (χ1n) is 10.2. The molecule has 2 heterocycles. The maximum absolute atomic E-state index is 12.9. The van der Waals surface area contributed by atoms with Crippen LogP contribution in [0.1, 0.15) is 27.7 Å². The van der Waals surface area contributed by atoms with Crippen LogP contribution in [0.15, 0.2) is 77.4 Å². The maximum Gasteiger partial charge on any atom is 0.287 e. The molecule has 2 aromatic carbocycles. The van der Waals surface area contributed by atoms with Gasteiger partial charge in [0.15, 0.2) is 5.76 Å². The van der Waals surface area contributed by atoms with Crippen LogP contribution in [0.2, 0.25) is 0 Å². The number of furan rings is 1. The highest BCUT2D eigenvalue weighted by molar-refractivity contribution is 5.92. The summed E-state index contributed by atoms with van der Waals surface area (Å²) in [5.74, 6) is 0.807. The Hall–Kier alpha value is -3.09. The third kappa shape index (κ3) is 5.09. The van der Waals surface area contributed by atoms with Gasteiger partial charge in [-0.2, -0.15) is 0 Å². The van der Waals surface area contributed by atoms with Gasteiger partial charge in [-0.3, -0.25) is 9.69 Å². The summed E-state index contributed by atoms with van der Waals surface area (Å²) < 4.78 is 16.7. The summed E-state index contributed by atoms with van der Waals surface area (Å²) in [4.78, 5) is 15.2. The van der Waals surface area contributed by atoms with Crippen LogP contribution in [0.4, 0.5) is 0 Å². The molecule has 4 rings (SSSR count). The molecule has 0 bridgehead atoms. The van der Waals surface area contributed by atoms with E-state index >= 15 is 0 Å². The third-order valence-electron chi connectivity index (χ3n) is 5.22. The van der Waals surface area contributed by atoms with Crippen LogP contribution in [-0.4, -0.2) is 43.7 Å². The Morgan fingerprint density at radius 2 is 1.70 bits per heavy atom. The van der Waals surface area contributed by atoms with Gasteiger partial charge >= 0.3 is 0 Å². The lowest BCUT2D eigenvalue weighted by Crippen LogP contribution is -2.43. The monoisotopic (exact) mass is 406 g/mol. The van der Waals surface area contributed by atoms with Crippen molar-refractivity contribution in [1.82, 2.24) is 10.2 Å². The molecule has 6 heteroatoms. The average molecular weight is 406 g/mol. The standard InChI is InChI=1S/C24H26N2O4/c27-24(23-20(11-14-29-23)18-30-21-9-5-2-6-10-21)25-17-22(19-7-3-1-4-8-19)26-12-15-28-16-13-26/h1-11,14,22H,12-13,15-18H2,(H,25,27). The second-order valence-corrected chi connectivity index (χ2v) is 7.16. The van der Waals surface area contributed by atoms with Crippen LogP contribution in [0, 0.1) is 0 Å². The van der Waals surface area contributed by atoms with Crippen LogP contribution in [0.25, 0.3) is 0 Å². The van der Waals surface area contributed by atoms with Crippen molar-refractivity contribution >= 4 is 5.91 Å². The lowest BCUT2D eigenvalue weighted by Gasteiger charge is -2.34. The van der Waals surface area contributed by atoms with E-state index in [9.17, 15) is 4.79 Å². The summed E-state index contributed by atoms with van der Waals surface area (Å²) in [5.41, 5.74) is 1.89. The number of nitrogens with one attached hydrogen (secondary N) is 1. The minimum Gasteiger partial charge on any atom is -0.489 e. The Balaban J connectivity index is 1.41. The molecular weight excluding hydrogens is 380 g/mol. The van der Waals surface area contributed by atoms with E-state index in [-0.39, 0.29) is 18.6 Å². The molecule has 1 amide bonds. The molecule has 0 spiro atoms. The Bertz CT molecular complexity index is 921. The summed E-state index contributed by atoms with van der Waals surface area (Å²) in [6, 6.07) is 21.6. The minimum atomic E-state index is -0.235. The largest absolute Gasteiger partial charge is 0.489 e. The van der Waals surface area contributed by atoms with Crippen LogP contribution >= 0.6 is 0 Å². The Kier molecular flexibility index (Phi) is 6.79. The molecule has 6 nitrogen and oxygen atoms in total. The predicted octanol–water partition coefficient (Wildman–Crippen LogP) is 3.66. The predicted molar refractivity (Wildman–Crippen MR) is 113 cm³/mol. The van der Waals surface area contributed by atoms with E-state index in [1.54, 1.807) is 6.07 Å². The zero-order valence-electron chi connectivity index (χ0n) is 16.8. The number of carbonyl (C=O) groups excluding carboxylic acids is 1. The maximum atomic E-state index is 12.9. The topological polar surface area (TPSA) is 63.9 Å². The zero-order valence-corrected chi connectivity index (χ0v) is 16.8. The quantitative estimate of drug-likeness (QED) is 0.619.